The number of benzene rings is 3. The Kier molecular flexibility index (Phi) is 7.41. The van der Waals surface area contributed by atoms with Crippen LogP contribution in [0.25, 0.3) is 0 Å². The summed E-state index contributed by atoms with van der Waals surface area (Å²) in [6.45, 7) is 2.17. The van der Waals surface area contributed by atoms with Gasteiger partial charge in [-0.25, -0.2) is 5.43 Å². The lowest BCUT2D eigenvalue weighted by Crippen LogP contribution is -2.33. The summed E-state index contributed by atoms with van der Waals surface area (Å²) in [6, 6.07) is 24.7. The topological polar surface area (TPSA) is 59.9 Å². The molecule has 0 heterocycles. The Morgan fingerprint density at radius 3 is 2.38 bits per heavy atom. The summed E-state index contributed by atoms with van der Waals surface area (Å²) in [6.07, 6.45) is 0.885. The van der Waals surface area contributed by atoms with Crippen LogP contribution in [0.2, 0.25) is 0 Å². The molecule has 3 aromatic carbocycles. The maximum absolute atomic E-state index is 12.2. The predicted octanol–water partition coefficient (Wildman–Crippen LogP) is 4.95. The van der Waals surface area contributed by atoms with Crippen molar-refractivity contribution in [3.05, 3.63) is 94.5 Å². The molecule has 3 aromatic rings. The molecule has 1 atom stereocenters. The van der Waals surface area contributed by atoms with Crippen LogP contribution >= 0.6 is 15.9 Å². The molecule has 0 radical (unpaired) electrons. The number of halogens is 1. The Labute approximate surface area is 178 Å². The summed E-state index contributed by atoms with van der Waals surface area (Å²) in [5.41, 5.74) is 4.45. The molecule has 3 rings (SSSR count). The van der Waals surface area contributed by atoms with E-state index in [0.29, 0.717) is 12.4 Å². The first kappa shape index (κ1) is 20.6. The number of ether oxygens (including phenoxy) is 2. The van der Waals surface area contributed by atoms with Gasteiger partial charge in [0.1, 0.15) is 18.1 Å². The molecule has 5 nitrogen and oxygen atoms in total. The Morgan fingerprint density at radius 2 is 1.66 bits per heavy atom. The largest absolute Gasteiger partial charge is 0.489 e. The maximum atomic E-state index is 12.2. The van der Waals surface area contributed by atoms with Crippen molar-refractivity contribution in [3.63, 3.8) is 0 Å². The maximum Gasteiger partial charge on any atom is 0.280 e. The van der Waals surface area contributed by atoms with Gasteiger partial charge in [0.25, 0.3) is 5.91 Å². The van der Waals surface area contributed by atoms with E-state index in [2.05, 4.69) is 26.5 Å². The molecular formula is C23H21BrN2O3. The summed E-state index contributed by atoms with van der Waals surface area (Å²) in [5.74, 6) is 0.976. The molecule has 0 fully saturated rings. The van der Waals surface area contributed by atoms with Crippen molar-refractivity contribution in [1.82, 2.24) is 5.43 Å². The first-order valence-electron chi connectivity index (χ1n) is 9.13. The van der Waals surface area contributed by atoms with Crippen molar-refractivity contribution in [2.24, 2.45) is 5.10 Å². The average Bonchev–Trinajstić information content (AvgIpc) is 2.75. The van der Waals surface area contributed by atoms with Gasteiger partial charge in [-0.15, -0.1) is 0 Å². The number of amides is 1. The molecule has 6 heteroatoms. The number of nitrogens with one attached hydrogen (secondary N) is 1. The second kappa shape index (κ2) is 10.4. The second-order valence-electron chi connectivity index (χ2n) is 6.26. The van der Waals surface area contributed by atoms with E-state index in [1.807, 2.05) is 66.7 Å². The van der Waals surface area contributed by atoms with Crippen molar-refractivity contribution >= 4 is 28.1 Å². The third kappa shape index (κ3) is 6.47. The van der Waals surface area contributed by atoms with Gasteiger partial charge in [-0.3, -0.25) is 4.79 Å². The number of hydrazone groups is 1. The van der Waals surface area contributed by atoms with Crippen LogP contribution in [0.15, 0.2) is 88.4 Å². The first-order valence-corrected chi connectivity index (χ1v) is 9.92. The molecule has 0 aromatic heterocycles. The van der Waals surface area contributed by atoms with E-state index in [9.17, 15) is 4.79 Å². The zero-order valence-corrected chi connectivity index (χ0v) is 17.5. The fourth-order valence-electron chi connectivity index (χ4n) is 2.45. The first-order chi connectivity index (χ1) is 14.1. The minimum Gasteiger partial charge on any atom is -0.489 e. The van der Waals surface area contributed by atoms with Crippen molar-refractivity contribution in [3.8, 4) is 11.5 Å². The number of carbonyl (C=O) groups excluding carboxylic acids is 1. The third-order valence-electron chi connectivity index (χ3n) is 4.04. The minimum atomic E-state index is -0.692. The molecule has 29 heavy (non-hydrogen) atoms. The SMILES string of the molecule is C[C@@H](Oc1ccc(OCc2ccccc2)cc1)C(=O)N/N=C\c1ccccc1Br. The zero-order chi connectivity index (χ0) is 20.5. The lowest BCUT2D eigenvalue weighted by atomic mass is 10.2. The molecule has 0 spiro atoms. The molecule has 0 aliphatic rings. The minimum absolute atomic E-state index is 0.335. The Morgan fingerprint density at radius 1 is 1.00 bits per heavy atom. The van der Waals surface area contributed by atoms with Crippen LogP contribution in [0.4, 0.5) is 0 Å². The predicted molar refractivity (Wildman–Crippen MR) is 117 cm³/mol. The number of hydrogen-bond donors (Lipinski definition) is 1. The highest BCUT2D eigenvalue weighted by molar-refractivity contribution is 9.10. The summed E-state index contributed by atoms with van der Waals surface area (Å²) >= 11 is 3.43. The highest BCUT2D eigenvalue weighted by atomic mass is 79.9. The van der Waals surface area contributed by atoms with E-state index < -0.39 is 6.10 Å². The molecule has 0 saturated carbocycles. The van der Waals surface area contributed by atoms with Gasteiger partial charge in [0, 0.05) is 10.0 Å². The van der Waals surface area contributed by atoms with Gasteiger partial charge < -0.3 is 9.47 Å². The molecule has 1 N–H and O–H groups in total. The van der Waals surface area contributed by atoms with Gasteiger partial charge in [0.2, 0.25) is 0 Å². The summed E-state index contributed by atoms with van der Waals surface area (Å²) in [4.78, 5) is 12.2. The monoisotopic (exact) mass is 452 g/mol. The Bertz CT molecular complexity index is 959. The highest BCUT2D eigenvalue weighted by Gasteiger charge is 2.14. The van der Waals surface area contributed by atoms with Gasteiger partial charge in [-0.05, 0) is 42.8 Å². The van der Waals surface area contributed by atoms with Crippen LogP contribution in [0, 0.1) is 0 Å². The lowest BCUT2D eigenvalue weighted by Gasteiger charge is -2.13. The van der Waals surface area contributed by atoms with E-state index in [4.69, 9.17) is 9.47 Å². The van der Waals surface area contributed by atoms with Gasteiger partial charge in [0.15, 0.2) is 6.10 Å². The standard InChI is InChI=1S/C23H21BrN2O3/c1-17(23(27)26-25-15-19-9-5-6-10-22(19)24)29-21-13-11-20(12-14-21)28-16-18-7-3-2-4-8-18/h2-15,17H,16H2,1H3,(H,26,27)/b25-15-/t17-/m1/s1. The Hall–Kier alpha value is -3.12. The van der Waals surface area contributed by atoms with Crippen LogP contribution in [0.5, 0.6) is 11.5 Å². The second-order valence-corrected chi connectivity index (χ2v) is 7.12. The van der Waals surface area contributed by atoms with E-state index in [0.717, 1.165) is 21.3 Å². The Balaban J connectivity index is 1.47. The zero-order valence-electron chi connectivity index (χ0n) is 15.9. The van der Waals surface area contributed by atoms with Gasteiger partial charge in [0.05, 0.1) is 6.21 Å². The average molecular weight is 453 g/mol. The van der Waals surface area contributed by atoms with Crippen LogP contribution in [0.3, 0.4) is 0 Å². The molecular weight excluding hydrogens is 432 g/mol. The molecule has 1 amide bonds. The number of carbonyl (C=O) groups is 1. The van der Waals surface area contributed by atoms with Crippen molar-refractivity contribution < 1.29 is 14.3 Å². The highest BCUT2D eigenvalue weighted by Crippen LogP contribution is 2.20. The van der Waals surface area contributed by atoms with Crippen LogP contribution in [0.1, 0.15) is 18.1 Å². The fraction of sp³-hybridized carbons (Fsp3) is 0.130. The smallest absolute Gasteiger partial charge is 0.280 e. The number of hydrogen-bond acceptors (Lipinski definition) is 4. The van der Waals surface area contributed by atoms with Crippen LogP contribution in [-0.4, -0.2) is 18.2 Å². The fourth-order valence-corrected chi connectivity index (χ4v) is 2.84. The number of nitrogens with zero attached hydrogens (tertiary/aromatic N) is 1. The third-order valence-corrected chi connectivity index (χ3v) is 4.76. The molecule has 0 aliphatic heterocycles. The van der Waals surface area contributed by atoms with Gasteiger partial charge in [-0.2, -0.15) is 5.10 Å². The summed E-state index contributed by atoms with van der Waals surface area (Å²) < 4.78 is 12.3. The lowest BCUT2D eigenvalue weighted by molar-refractivity contribution is -0.127. The van der Waals surface area contributed by atoms with E-state index in [-0.39, 0.29) is 5.91 Å². The van der Waals surface area contributed by atoms with Gasteiger partial charge in [-0.1, -0.05) is 64.5 Å². The summed E-state index contributed by atoms with van der Waals surface area (Å²) in [5, 5.41) is 3.98. The quantitative estimate of drug-likeness (QED) is 0.388. The van der Waals surface area contributed by atoms with Crippen LogP contribution in [-0.2, 0) is 11.4 Å². The van der Waals surface area contributed by atoms with E-state index in [1.54, 1.807) is 25.3 Å². The van der Waals surface area contributed by atoms with Crippen molar-refractivity contribution in [2.45, 2.75) is 19.6 Å². The normalized spacial score (nSPS) is 11.8. The molecule has 0 bridgehead atoms. The van der Waals surface area contributed by atoms with E-state index >= 15 is 0 Å². The van der Waals surface area contributed by atoms with Crippen molar-refractivity contribution in [1.29, 1.82) is 0 Å². The molecule has 0 aliphatic carbocycles. The molecule has 0 unspecified atom stereocenters. The van der Waals surface area contributed by atoms with Crippen LogP contribution < -0.4 is 14.9 Å². The van der Waals surface area contributed by atoms with Crippen molar-refractivity contribution in [2.75, 3.05) is 0 Å². The molecule has 148 valence electrons. The molecule has 0 saturated heterocycles. The number of rotatable bonds is 8. The van der Waals surface area contributed by atoms with Gasteiger partial charge >= 0.3 is 0 Å². The summed E-state index contributed by atoms with van der Waals surface area (Å²) in [7, 11) is 0. The van der Waals surface area contributed by atoms with E-state index in [1.165, 1.54) is 0 Å².